The Morgan fingerprint density at radius 2 is 1.93 bits per heavy atom. The van der Waals surface area contributed by atoms with Gasteiger partial charge in [0.05, 0.1) is 24.8 Å². The van der Waals surface area contributed by atoms with Gasteiger partial charge in [0.1, 0.15) is 17.5 Å². The number of aromatic nitrogens is 2. The zero-order valence-electron chi connectivity index (χ0n) is 29.9. The second kappa shape index (κ2) is 16.2. The lowest BCUT2D eigenvalue weighted by molar-refractivity contribution is -0.682. The van der Waals surface area contributed by atoms with Crippen molar-refractivity contribution in [2.45, 2.75) is 76.3 Å². The van der Waals surface area contributed by atoms with Crippen molar-refractivity contribution in [1.29, 1.82) is 0 Å². The number of oxime groups is 1. The maximum Gasteiger partial charge on any atom is 0.418 e. The summed E-state index contributed by atoms with van der Waals surface area (Å²) >= 11 is 0.970. The van der Waals surface area contributed by atoms with Crippen LogP contribution in [0.3, 0.4) is 0 Å². The van der Waals surface area contributed by atoms with Crippen LogP contribution in [-0.4, -0.2) is 94.5 Å². The largest absolute Gasteiger partial charge is 0.485 e. The van der Waals surface area contributed by atoms with Crippen molar-refractivity contribution in [2.24, 2.45) is 16.6 Å². The second-order valence-electron chi connectivity index (χ2n) is 13.4. The number of aryl methyl sites for hydroxylation is 2. The Bertz CT molecular complexity index is 2040. The van der Waals surface area contributed by atoms with Gasteiger partial charge < -0.3 is 37.2 Å². The van der Waals surface area contributed by atoms with Crippen molar-refractivity contribution in [1.82, 2.24) is 15.4 Å². The number of nitrogen functional groups attached to an aromatic ring is 1. The number of β-lactam (4-membered cyclic amide) rings is 1. The number of pyridine rings is 1. The lowest BCUT2D eigenvalue weighted by Gasteiger charge is -2.50. The van der Waals surface area contributed by atoms with Gasteiger partial charge >= 0.3 is 16.4 Å². The quantitative estimate of drug-likeness (QED) is 0.0246. The molecule has 0 spiro atoms. The zero-order valence-corrected chi connectivity index (χ0v) is 31.5. The van der Waals surface area contributed by atoms with Gasteiger partial charge in [-0.2, -0.15) is 13.5 Å². The van der Waals surface area contributed by atoms with E-state index in [2.05, 4.69) is 35.8 Å². The van der Waals surface area contributed by atoms with Crippen molar-refractivity contribution in [3.8, 4) is 16.9 Å². The molecule has 0 radical (unpaired) electrons. The Kier molecular flexibility index (Phi) is 12.1. The van der Waals surface area contributed by atoms with E-state index in [1.807, 2.05) is 24.3 Å². The van der Waals surface area contributed by atoms with Crippen LogP contribution in [0.15, 0.2) is 47.1 Å². The molecule has 2 aliphatic rings. The van der Waals surface area contributed by atoms with Crippen molar-refractivity contribution in [3.63, 3.8) is 0 Å². The monoisotopic (exact) mass is 790 g/mol. The summed E-state index contributed by atoms with van der Waals surface area (Å²) < 4.78 is 44.1. The molecule has 3 aromatic rings. The molecule has 21 heteroatoms. The number of carbonyl (C=O) groups is 3. The maximum atomic E-state index is 13.5. The summed E-state index contributed by atoms with van der Waals surface area (Å²) in [4.78, 5) is 48.7. The molecule has 0 bridgehead atoms. The molecule has 19 nitrogen and oxygen atoms in total. The minimum absolute atomic E-state index is 0.0614. The van der Waals surface area contributed by atoms with Gasteiger partial charge in [0, 0.05) is 17.0 Å². The summed E-state index contributed by atoms with van der Waals surface area (Å²) in [6.07, 6.45) is 3.28. The number of thiazole rings is 1. The molecule has 292 valence electrons. The maximum absolute atomic E-state index is 13.5. The summed E-state index contributed by atoms with van der Waals surface area (Å²) in [5.41, 5.74) is 15.8. The molecule has 0 aliphatic carbocycles. The fourth-order valence-electron chi connectivity index (χ4n) is 5.99. The van der Waals surface area contributed by atoms with Gasteiger partial charge in [-0.05, 0) is 88.9 Å². The highest BCUT2D eigenvalue weighted by molar-refractivity contribution is 7.80. The molecule has 54 heavy (non-hydrogen) atoms. The number of aliphatic carboxylic acids is 1. The molecule has 2 amide bonds. The number of anilines is 2. The van der Waals surface area contributed by atoms with E-state index in [0.717, 1.165) is 59.8 Å². The molecule has 2 aromatic heterocycles. The normalized spacial score (nSPS) is 19.2. The highest BCUT2D eigenvalue weighted by Crippen LogP contribution is 2.37. The van der Waals surface area contributed by atoms with E-state index < -0.39 is 57.2 Å². The van der Waals surface area contributed by atoms with Gasteiger partial charge in [0.2, 0.25) is 0 Å². The predicted octanol–water partition coefficient (Wildman–Crippen LogP) is 0.587. The van der Waals surface area contributed by atoms with Crippen LogP contribution in [0.2, 0.25) is 0 Å². The first-order valence-corrected chi connectivity index (χ1v) is 19.2. The fourth-order valence-corrected chi connectivity index (χ4v) is 7.00. The number of rotatable bonds is 17. The van der Waals surface area contributed by atoms with E-state index in [1.54, 1.807) is 6.07 Å². The number of carbonyl (C=O) groups excluding carboxylic acids is 2. The molecule has 10 N–H and O–H groups in total. The number of amides is 2. The third-order valence-corrected chi connectivity index (χ3v) is 10.1. The SMILES string of the molecule is CC(O/N=C(\C(=O)N[C@@H]1C(=O)N(OS(=O)(=O)O)C1(C)C)c1csc(N)n1)(C(=O)O)[C@H]1CCc2cc(-c3ccc(NCCCN)[n+](CCCN)c3)ccc2O1. The predicted molar refractivity (Wildman–Crippen MR) is 196 cm³/mol. The van der Waals surface area contributed by atoms with E-state index in [9.17, 15) is 27.9 Å². The number of carboxylic acids is 1. The second-order valence-corrected chi connectivity index (χ2v) is 15.3. The van der Waals surface area contributed by atoms with Crippen LogP contribution in [0.4, 0.5) is 10.9 Å². The number of hydroxylamine groups is 2. The van der Waals surface area contributed by atoms with E-state index >= 15 is 0 Å². The molecule has 2 aliphatic heterocycles. The Morgan fingerprint density at radius 3 is 2.56 bits per heavy atom. The minimum atomic E-state index is -5.03. The first kappa shape index (κ1) is 40.3. The zero-order chi connectivity index (χ0) is 39.4. The van der Waals surface area contributed by atoms with Crippen LogP contribution in [0.1, 0.15) is 51.3 Å². The highest BCUT2D eigenvalue weighted by Gasteiger charge is 2.58. The van der Waals surface area contributed by atoms with E-state index in [0.29, 0.717) is 30.3 Å². The topological polar surface area (TPSA) is 288 Å². The number of hydrogen-bond acceptors (Lipinski definition) is 15. The third-order valence-electron chi connectivity index (χ3n) is 9.12. The van der Waals surface area contributed by atoms with Gasteiger partial charge in [-0.3, -0.25) is 19.5 Å². The van der Waals surface area contributed by atoms with Crippen LogP contribution in [0.25, 0.3) is 11.1 Å². The highest BCUT2D eigenvalue weighted by atomic mass is 32.3. The number of hydrogen-bond donors (Lipinski definition) is 7. The molecular weight excluding hydrogens is 747 g/mol. The lowest BCUT2D eigenvalue weighted by Crippen LogP contribution is -2.76. The number of benzene rings is 1. The molecule has 1 saturated heterocycles. The van der Waals surface area contributed by atoms with Crippen LogP contribution < -0.4 is 37.1 Å². The molecule has 3 atom stereocenters. The third kappa shape index (κ3) is 8.71. The van der Waals surface area contributed by atoms with Gasteiger partial charge in [0.25, 0.3) is 23.2 Å². The number of ether oxygens (including phenoxy) is 1. The average molecular weight is 791 g/mol. The van der Waals surface area contributed by atoms with Gasteiger partial charge in [-0.25, -0.2) is 14.3 Å². The van der Waals surface area contributed by atoms with Gasteiger partial charge in [-0.15, -0.1) is 15.6 Å². The van der Waals surface area contributed by atoms with E-state index in [1.165, 1.54) is 26.2 Å². The Labute approximate surface area is 315 Å². The first-order chi connectivity index (χ1) is 25.5. The summed E-state index contributed by atoms with van der Waals surface area (Å²) in [6, 6.07) is 8.32. The van der Waals surface area contributed by atoms with Gasteiger partial charge in [-0.1, -0.05) is 11.2 Å². The molecule has 0 saturated carbocycles. The van der Waals surface area contributed by atoms with E-state index in [-0.39, 0.29) is 17.2 Å². The molecule has 1 fully saturated rings. The smallest absolute Gasteiger partial charge is 0.418 e. The first-order valence-electron chi connectivity index (χ1n) is 17.0. The van der Waals surface area contributed by atoms with Crippen molar-refractivity contribution in [3.05, 3.63) is 53.2 Å². The molecule has 4 heterocycles. The summed E-state index contributed by atoms with van der Waals surface area (Å²) in [6.45, 7) is 6.61. The van der Waals surface area contributed by atoms with Crippen LogP contribution in [-0.2, 0) is 46.9 Å². The standard InChI is InChI=1S/C33H43N9O10S2/c1-32(2)27(29(44)42(32)52-54(47,48)49)39-28(43)26(22-18-53-31(36)38-22)40-51-33(3,30(45)46)24-10-7-20-16-19(6-9-23(20)50-24)21-8-11-25(37-14-4-12-34)41(17-21)15-5-13-35/h6,8-9,11,16-18,24,27H,4-5,7,10,12-15,34-35H2,1-3H3,(H5,36,38,39,43,45,46,47,48,49)/p+1/b40-26-/t24-,27-,33?/m1/s1. The molecule has 1 aromatic carbocycles. The summed E-state index contributed by atoms with van der Waals surface area (Å²) in [7, 11) is -5.03. The molecule has 1 unspecified atom stereocenters. The van der Waals surface area contributed by atoms with Crippen LogP contribution >= 0.6 is 11.3 Å². The average Bonchev–Trinajstić information content (AvgIpc) is 3.56. The van der Waals surface area contributed by atoms with Crippen LogP contribution in [0, 0.1) is 0 Å². The fraction of sp³-hybridized carbons (Fsp3) is 0.455. The lowest BCUT2D eigenvalue weighted by atomic mass is 9.84. The number of carboxylic acid groups (broad SMARTS) is 1. The van der Waals surface area contributed by atoms with Crippen LogP contribution in [0.5, 0.6) is 5.75 Å². The Hall–Kier alpha value is -4.93. The molecule has 5 rings (SSSR count). The van der Waals surface area contributed by atoms with E-state index in [4.69, 9.17) is 31.3 Å². The van der Waals surface area contributed by atoms with Crippen molar-refractivity contribution < 1.29 is 50.9 Å². The summed E-state index contributed by atoms with van der Waals surface area (Å²) in [5.74, 6) is -2.02. The Morgan fingerprint density at radius 1 is 1.20 bits per heavy atom. The number of nitrogens with zero attached hydrogens (tertiary/aromatic N) is 4. The number of nitrogens with two attached hydrogens (primary N) is 3. The minimum Gasteiger partial charge on any atom is -0.485 e. The van der Waals surface area contributed by atoms with Crippen molar-refractivity contribution in [2.75, 3.05) is 30.7 Å². The number of fused-ring (bicyclic) bond motifs is 1. The number of nitrogens with one attached hydrogen (secondary N) is 2. The van der Waals surface area contributed by atoms with Crippen molar-refractivity contribution >= 4 is 56.2 Å². The molecular formula is C33H44N9O10S2+. The van der Waals surface area contributed by atoms with Gasteiger partial charge in [0.15, 0.2) is 16.9 Å². The summed E-state index contributed by atoms with van der Waals surface area (Å²) in [5, 5.41) is 22.0. The Balaban J connectivity index is 1.36.